The average molecular weight is 461 g/mol. The van der Waals surface area contributed by atoms with E-state index in [1.807, 2.05) is 0 Å². The minimum absolute atomic E-state index is 0.0392. The molecule has 1 heterocycles. The second kappa shape index (κ2) is 12.5. The van der Waals surface area contributed by atoms with E-state index in [-0.39, 0.29) is 18.8 Å². The molecule has 2 rings (SSSR count). The van der Waals surface area contributed by atoms with E-state index < -0.39 is 35.9 Å². The molecule has 4 N–H and O–H groups in total. The molecule has 0 radical (unpaired) electrons. The Bertz CT molecular complexity index is 924. The Hall–Kier alpha value is -3.53. The van der Waals surface area contributed by atoms with E-state index in [0.29, 0.717) is 11.6 Å². The number of alkyl halides is 1. The van der Waals surface area contributed by atoms with Crippen LogP contribution in [0.2, 0.25) is 0 Å². The Balaban J connectivity index is 2.26. The second-order valence-electron chi connectivity index (χ2n) is 7.93. The third kappa shape index (κ3) is 7.83. The summed E-state index contributed by atoms with van der Waals surface area (Å²) in [6, 6.07) is 10.8. The molecule has 3 amide bonds. The number of pyridine rings is 1. The smallest absolute Gasteiger partial charge is 0.278 e. The van der Waals surface area contributed by atoms with E-state index in [4.69, 9.17) is 9.94 Å². The molecule has 0 spiro atoms. The van der Waals surface area contributed by atoms with Gasteiger partial charge in [0, 0.05) is 12.6 Å². The Morgan fingerprint density at radius 2 is 1.76 bits per heavy atom. The van der Waals surface area contributed by atoms with E-state index in [1.165, 1.54) is 18.8 Å². The van der Waals surface area contributed by atoms with Crippen LogP contribution < -0.4 is 20.9 Å². The second-order valence-corrected chi connectivity index (χ2v) is 7.93. The van der Waals surface area contributed by atoms with Gasteiger partial charge in [-0.3, -0.25) is 19.6 Å². The lowest BCUT2D eigenvalue weighted by molar-refractivity contribution is -0.142. The molecule has 0 fully saturated rings. The lowest BCUT2D eigenvalue weighted by Gasteiger charge is -2.25. The molecular weight excluding hydrogens is 431 g/mol. The number of carbonyl (C=O) groups excluding carboxylic acids is 3. The van der Waals surface area contributed by atoms with Crippen molar-refractivity contribution >= 4 is 23.5 Å². The standard InChI is InChI=1S/C23H29FN4O5/c1-14(2)12-17(20(24)23(31)28-32)21(29)26-18(13-15-7-9-16(33-3)10-8-15)22(30)27-19-6-4-5-11-25-19/h4-11,14,17-18,20,32H,12-13H2,1-3H3,(H,26,29)(H,28,31)(H,25,27,30)/t17-,18+,20-/m1/s1. The quantitative estimate of drug-likeness (QED) is 0.301. The van der Waals surface area contributed by atoms with Gasteiger partial charge >= 0.3 is 0 Å². The lowest BCUT2D eigenvalue weighted by atomic mass is 9.91. The number of rotatable bonds is 11. The highest BCUT2D eigenvalue weighted by molar-refractivity contribution is 5.98. The summed E-state index contributed by atoms with van der Waals surface area (Å²) in [5.41, 5.74) is 1.96. The fraction of sp³-hybridized carbons (Fsp3) is 0.391. The number of hydroxylamine groups is 1. The van der Waals surface area contributed by atoms with Gasteiger partial charge in [-0.1, -0.05) is 32.0 Å². The molecule has 33 heavy (non-hydrogen) atoms. The summed E-state index contributed by atoms with van der Waals surface area (Å²) < 4.78 is 19.8. The number of amides is 3. The van der Waals surface area contributed by atoms with Crippen LogP contribution in [-0.2, 0) is 20.8 Å². The highest BCUT2D eigenvalue weighted by Gasteiger charge is 2.36. The van der Waals surface area contributed by atoms with Crippen LogP contribution >= 0.6 is 0 Å². The van der Waals surface area contributed by atoms with Gasteiger partial charge in [0.2, 0.25) is 11.8 Å². The summed E-state index contributed by atoms with van der Waals surface area (Å²) in [6.07, 6.45) is -0.631. The average Bonchev–Trinajstić information content (AvgIpc) is 2.82. The molecule has 0 saturated carbocycles. The van der Waals surface area contributed by atoms with Crippen molar-refractivity contribution in [2.75, 3.05) is 12.4 Å². The number of anilines is 1. The first-order valence-corrected chi connectivity index (χ1v) is 10.5. The molecule has 9 nitrogen and oxygen atoms in total. The van der Waals surface area contributed by atoms with Gasteiger partial charge < -0.3 is 15.4 Å². The molecule has 0 unspecified atom stereocenters. The molecule has 1 aromatic carbocycles. The molecule has 0 saturated heterocycles. The number of methoxy groups -OCH3 is 1. The largest absolute Gasteiger partial charge is 0.497 e. The molecular formula is C23H29FN4O5. The molecule has 0 aliphatic heterocycles. The maximum absolute atomic E-state index is 14.6. The van der Waals surface area contributed by atoms with Crippen LogP contribution in [-0.4, -0.2) is 47.2 Å². The molecule has 10 heteroatoms. The zero-order chi connectivity index (χ0) is 24.4. The summed E-state index contributed by atoms with van der Waals surface area (Å²) in [7, 11) is 1.53. The van der Waals surface area contributed by atoms with Gasteiger partial charge in [0.15, 0.2) is 6.17 Å². The van der Waals surface area contributed by atoms with Crippen molar-refractivity contribution in [3.8, 4) is 5.75 Å². The van der Waals surface area contributed by atoms with Crippen LogP contribution in [0.5, 0.6) is 5.75 Å². The van der Waals surface area contributed by atoms with E-state index in [9.17, 15) is 18.8 Å². The number of carbonyl (C=O) groups is 3. The zero-order valence-corrected chi connectivity index (χ0v) is 18.7. The normalized spacial score (nSPS) is 13.5. The molecule has 3 atom stereocenters. The number of hydrogen-bond acceptors (Lipinski definition) is 6. The Kier molecular flexibility index (Phi) is 9.74. The maximum atomic E-state index is 14.6. The van der Waals surface area contributed by atoms with Crippen LogP contribution in [0, 0.1) is 11.8 Å². The van der Waals surface area contributed by atoms with Crippen molar-refractivity contribution < 1.29 is 28.7 Å². The van der Waals surface area contributed by atoms with Crippen LogP contribution in [0.15, 0.2) is 48.7 Å². The van der Waals surface area contributed by atoms with Crippen molar-refractivity contribution in [2.45, 2.75) is 38.9 Å². The monoisotopic (exact) mass is 460 g/mol. The van der Waals surface area contributed by atoms with Gasteiger partial charge in [0.25, 0.3) is 5.91 Å². The van der Waals surface area contributed by atoms with Crippen molar-refractivity contribution in [3.63, 3.8) is 0 Å². The van der Waals surface area contributed by atoms with Gasteiger partial charge in [-0.15, -0.1) is 0 Å². The summed E-state index contributed by atoms with van der Waals surface area (Å²) in [5, 5.41) is 14.0. The van der Waals surface area contributed by atoms with E-state index in [2.05, 4.69) is 15.6 Å². The van der Waals surface area contributed by atoms with Gasteiger partial charge in [-0.2, -0.15) is 0 Å². The molecule has 0 bridgehead atoms. The predicted octanol–water partition coefficient (Wildman–Crippen LogP) is 2.26. The molecule has 1 aromatic heterocycles. The first-order chi connectivity index (χ1) is 15.7. The van der Waals surface area contributed by atoms with Crippen LogP contribution in [0.25, 0.3) is 0 Å². The van der Waals surface area contributed by atoms with Gasteiger partial charge in [-0.05, 0) is 42.2 Å². The maximum Gasteiger partial charge on any atom is 0.278 e. The van der Waals surface area contributed by atoms with Crippen molar-refractivity contribution in [1.82, 2.24) is 15.8 Å². The summed E-state index contributed by atoms with van der Waals surface area (Å²) in [6.45, 7) is 3.54. The fourth-order valence-electron chi connectivity index (χ4n) is 3.25. The number of ether oxygens (including phenoxy) is 1. The zero-order valence-electron chi connectivity index (χ0n) is 18.7. The summed E-state index contributed by atoms with van der Waals surface area (Å²) in [4.78, 5) is 41.6. The summed E-state index contributed by atoms with van der Waals surface area (Å²) >= 11 is 0. The number of aromatic nitrogens is 1. The highest BCUT2D eigenvalue weighted by Crippen LogP contribution is 2.20. The van der Waals surface area contributed by atoms with Crippen molar-refractivity contribution in [3.05, 3.63) is 54.2 Å². The molecule has 0 aliphatic rings. The first-order valence-electron chi connectivity index (χ1n) is 10.5. The minimum Gasteiger partial charge on any atom is -0.497 e. The third-order valence-corrected chi connectivity index (χ3v) is 4.92. The number of halogens is 1. The molecule has 0 aliphatic carbocycles. The Morgan fingerprint density at radius 3 is 2.30 bits per heavy atom. The van der Waals surface area contributed by atoms with Gasteiger partial charge in [-0.25, -0.2) is 14.9 Å². The molecule has 2 aromatic rings. The Labute approximate surface area is 191 Å². The molecule has 178 valence electrons. The third-order valence-electron chi connectivity index (χ3n) is 4.92. The summed E-state index contributed by atoms with van der Waals surface area (Å²) in [5.74, 6) is -3.27. The van der Waals surface area contributed by atoms with Crippen molar-refractivity contribution in [1.29, 1.82) is 0 Å². The fourth-order valence-corrected chi connectivity index (χ4v) is 3.25. The van der Waals surface area contributed by atoms with Crippen LogP contribution in [0.1, 0.15) is 25.8 Å². The van der Waals surface area contributed by atoms with Crippen molar-refractivity contribution in [2.24, 2.45) is 11.8 Å². The lowest BCUT2D eigenvalue weighted by Crippen LogP contribution is -2.51. The highest BCUT2D eigenvalue weighted by atomic mass is 19.1. The van der Waals surface area contributed by atoms with Gasteiger partial charge in [0.1, 0.15) is 17.6 Å². The topological polar surface area (TPSA) is 130 Å². The van der Waals surface area contributed by atoms with Crippen LogP contribution in [0.3, 0.4) is 0 Å². The van der Waals surface area contributed by atoms with E-state index >= 15 is 0 Å². The predicted molar refractivity (Wildman–Crippen MR) is 119 cm³/mol. The number of hydrogen-bond donors (Lipinski definition) is 4. The van der Waals surface area contributed by atoms with E-state index in [0.717, 1.165) is 5.56 Å². The number of nitrogens with one attached hydrogen (secondary N) is 3. The number of nitrogens with zero attached hydrogens (tertiary/aromatic N) is 1. The number of benzene rings is 1. The SMILES string of the molecule is COc1ccc(C[C@H](NC(=O)[C@H](CC(C)C)[C@@H](F)C(=O)NO)C(=O)Nc2ccccn2)cc1. The first kappa shape index (κ1) is 25.7. The van der Waals surface area contributed by atoms with E-state index in [1.54, 1.807) is 56.3 Å². The van der Waals surface area contributed by atoms with Gasteiger partial charge in [0.05, 0.1) is 13.0 Å². The van der Waals surface area contributed by atoms with Crippen LogP contribution in [0.4, 0.5) is 10.2 Å². The minimum atomic E-state index is -2.28. The Morgan fingerprint density at radius 1 is 1.06 bits per heavy atom.